The number of hydrogen-bond acceptors (Lipinski definition) is 4. The van der Waals surface area contributed by atoms with Crippen molar-refractivity contribution in [1.29, 1.82) is 0 Å². The van der Waals surface area contributed by atoms with Crippen LogP contribution in [0.25, 0.3) is 0 Å². The van der Waals surface area contributed by atoms with E-state index in [1.807, 2.05) is 0 Å². The quantitative estimate of drug-likeness (QED) is 0.494. The molecule has 198 valence electrons. The van der Waals surface area contributed by atoms with E-state index in [1.165, 1.54) is 61.2 Å². The van der Waals surface area contributed by atoms with E-state index in [0.29, 0.717) is 6.04 Å². The molecule has 8 rings (SSSR count). The summed E-state index contributed by atoms with van der Waals surface area (Å²) >= 11 is 0. The molecule has 3 aliphatic carbocycles. The van der Waals surface area contributed by atoms with Gasteiger partial charge in [-0.25, -0.2) is 0 Å². The van der Waals surface area contributed by atoms with Gasteiger partial charge in [0.25, 0.3) is 0 Å². The van der Waals surface area contributed by atoms with Crippen LogP contribution in [0.2, 0.25) is 0 Å². The second kappa shape index (κ2) is 7.99. The van der Waals surface area contributed by atoms with E-state index in [0.717, 1.165) is 37.0 Å². The van der Waals surface area contributed by atoms with Crippen molar-refractivity contribution in [1.82, 2.24) is 4.90 Å². The number of nitrogens with zero attached hydrogens (tertiary/aromatic N) is 1. The van der Waals surface area contributed by atoms with Crippen molar-refractivity contribution in [3.63, 3.8) is 0 Å². The van der Waals surface area contributed by atoms with Gasteiger partial charge < -0.3 is 14.8 Å². The van der Waals surface area contributed by atoms with Gasteiger partial charge in [-0.05, 0) is 104 Å². The van der Waals surface area contributed by atoms with Crippen LogP contribution in [-0.4, -0.2) is 48.9 Å². The number of likely N-dealkylation sites (tertiary alicyclic amines) is 1. The standard InChI is InChI=1S/C33H44N2O2/c1-22-6-13-27(36-5)16-28(22)32-17-24-19-35(18-23-7-8-23)29(24)33(32)15-14-31(20-32,21-37-33)34-26-11-9-25(10-12-26)30(2,3)4/h6,9-13,16,23-24,29,34H,7-8,14-15,17-21H2,1-5H3/t24?,29-,31+,32-,33-/m1/s1. The summed E-state index contributed by atoms with van der Waals surface area (Å²) in [5, 5.41) is 4.05. The molecule has 3 heterocycles. The predicted molar refractivity (Wildman–Crippen MR) is 150 cm³/mol. The molecule has 0 radical (unpaired) electrons. The highest BCUT2D eigenvalue weighted by Gasteiger charge is 2.76. The molecule has 2 aromatic carbocycles. The van der Waals surface area contributed by atoms with Gasteiger partial charge in [0.05, 0.1) is 24.9 Å². The average Bonchev–Trinajstić information content (AvgIpc) is 3.65. The maximum atomic E-state index is 7.25. The first-order chi connectivity index (χ1) is 17.7. The van der Waals surface area contributed by atoms with E-state index in [4.69, 9.17) is 9.47 Å². The summed E-state index contributed by atoms with van der Waals surface area (Å²) in [4.78, 5) is 2.82. The Balaban J connectivity index is 1.27. The number of methoxy groups -OCH3 is 1. The van der Waals surface area contributed by atoms with Crippen LogP contribution < -0.4 is 10.1 Å². The molecule has 3 saturated heterocycles. The zero-order valence-electron chi connectivity index (χ0n) is 23.4. The Hall–Kier alpha value is -2.04. The van der Waals surface area contributed by atoms with E-state index >= 15 is 0 Å². The molecule has 2 aromatic rings. The number of benzene rings is 2. The molecule has 1 N–H and O–H groups in total. The monoisotopic (exact) mass is 500 g/mol. The van der Waals surface area contributed by atoms with Gasteiger partial charge in [-0.3, -0.25) is 4.90 Å². The molecule has 1 spiro atoms. The van der Waals surface area contributed by atoms with Crippen molar-refractivity contribution in [3.05, 3.63) is 59.2 Å². The fraction of sp³-hybridized carbons (Fsp3) is 0.636. The Morgan fingerprint density at radius 2 is 1.86 bits per heavy atom. The smallest absolute Gasteiger partial charge is 0.119 e. The second-order valence-corrected chi connectivity index (χ2v) is 14.2. The molecule has 5 atom stereocenters. The van der Waals surface area contributed by atoms with Gasteiger partial charge in [0, 0.05) is 30.2 Å². The highest BCUT2D eigenvalue weighted by atomic mass is 16.5. The first-order valence-corrected chi connectivity index (χ1v) is 14.6. The van der Waals surface area contributed by atoms with Crippen molar-refractivity contribution >= 4 is 5.69 Å². The maximum Gasteiger partial charge on any atom is 0.119 e. The highest BCUT2D eigenvalue weighted by Crippen LogP contribution is 2.69. The topological polar surface area (TPSA) is 33.7 Å². The number of hydrogen-bond donors (Lipinski definition) is 1. The van der Waals surface area contributed by atoms with Crippen LogP contribution in [0.5, 0.6) is 5.75 Å². The lowest BCUT2D eigenvalue weighted by Gasteiger charge is -2.65. The molecule has 0 aromatic heterocycles. The minimum Gasteiger partial charge on any atom is -0.497 e. The molecule has 3 aliphatic heterocycles. The first-order valence-electron chi connectivity index (χ1n) is 14.6. The van der Waals surface area contributed by atoms with E-state index in [9.17, 15) is 0 Å². The number of anilines is 1. The largest absolute Gasteiger partial charge is 0.497 e. The summed E-state index contributed by atoms with van der Waals surface area (Å²) in [6.07, 6.45) is 7.53. The summed E-state index contributed by atoms with van der Waals surface area (Å²) in [7, 11) is 1.80. The van der Waals surface area contributed by atoms with Crippen molar-refractivity contribution in [2.75, 3.05) is 32.1 Å². The van der Waals surface area contributed by atoms with E-state index < -0.39 is 0 Å². The molecular weight excluding hydrogens is 456 g/mol. The zero-order valence-corrected chi connectivity index (χ0v) is 23.4. The number of aryl methyl sites for hydroxylation is 1. The van der Waals surface area contributed by atoms with Gasteiger partial charge in [-0.15, -0.1) is 0 Å². The van der Waals surface area contributed by atoms with Gasteiger partial charge in [-0.2, -0.15) is 0 Å². The van der Waals surface area contributed by atoms with Gasteiger partial charge in [0.1, 0.15) is 5.75 Å². The van der Waals surface area contributed by atoms with Gasteiger partial charge >= 0.3 is 0 Å². The predicted octanol–water partition coefficient (Wildman–Crippen LogP) is 6.46. The summed E-state index contributed by atoms with van der Waals surface area (Å²) in [5.74, 6) is 2.64. The second-order valence-electron chi connectivity index (χ2n) is 14.2. The van der Waals surface area contributed by atoms with E-state index in [2.05, 4.69) is 80.4 Å². The summed E-state index contributed by atoms with van der Waals surface area (Å²) in [5.41, 5.74) is 5.53. The van der Waals surface area contributed by atoms with E-state index in [1.54, 1.807) is 7.11 Å². The fourth-order valence-electron chi connectivity index (χ4n) is 8.82. The van der Waals surface area contributed by atoms with Crippen LogP contribution >= 0.6 is 0 Å². The van der Waals surface area contributed by atoms with Gasteiger partial charge in [0.2, 0.25) is 0 Å². The van der Waals surface area contributed by atoms with Crippen LogP contribution in [0.15, 0.2) is 42.5 Å². The third-order valence-electron chi connectivity index (χ3n) is 10.7. The van der Waals surface area contributed by atoms with Crippen molar-refractivity contribution in [3.8, 4) is 5.75 Å². The molecule has 4 heteroatoms. The van der Waals surface area contributed by atoms with Gasteiger partial charge in [0.15, 0.2) is 0 Å². The number of nitrogens with one attached hydrogen (secondary N) is 1. The van der Waals surface area contributed by atoms with Crippen LogP contribution in [0.1, 0.15) is 76.0 Å². The summed E-state index contributed by atoms with van der Waals surface area (Å²) in [6, 6.07) is 16.5. The van der Waals surface area contributed by atoms with Crippen LogP contribution in [0.3, 0.4) is 0 Å². The lowest BCUT2D eigenvalue weighted by atomic mass is 9.53. The lowest BCUT2D eigenvalue weighted by molar-refractivity contribution is -0.222. The molecule has 4 nitrogen and oxygen atoms in total. The lowest BCUT2D eigenvalue weighted by Crippen LogP contribution is -2.75. The normalized spacial score (nSPS) is 36.6. The maximum absolute atomic E-state index is 7.25. The Labute approximate surface area is 223 Å². The third-order valence-corrected chi connectivity index (χ3v) is 10.7. The Morgan fingerprint density at radius 3 is 2.51 bits per heavy atom. The number of fused-ring (bicyclic) bond motifs is 3. The van der Waals surface area contributed by atoms with E-state index in [-0.39, 0.29) is 22.0 Å². The van der Waals surface area contributed by atoms with Gasteiger partial charge in [-0.1, -0.05) is 39.0 Å². The minimum absolute atomic E-state index is 0.0219. The summed E-state index contributed by atoms with van der Waals surface area (Å²) in [6.45, 7) is 12.5. The Morgan fingerprint density at radius 1 is 1.08 bits per heavy atom. The molecule has 3 saturated carbocycles. The molecule has 6 aliphatic rings. The SMILES string of the molecule is COc1ccc(C)c([C@]23CC4CN(CC5CC5)[C@H]4[C@]24CC[C@@](Nc2ccc(C(C)(C)C)cc2)(CO4)C3)c1. The zero-order chi connectivity index (χ0) is 25.6. The molecule has 37 heavy (non-hydrogen) atoms. The fourth-order valence-corrected chi connectivity index (χ4v) is 8.82. The van der Waals surface area contributed by atoms with Crippen LogP contribution in [0, 0.1) is 18.8 Å². The Bertz CT molecular complexity index is 1190. The first kappa shape index (κ1) is 24.0. The Kier molecular flexibility index (Phi) is 5.19. The average molecular weight is 501 g/mol. The van der Waals surface area contributed by atoms with Crippen molar-refractivity contribution in [2.45, 2.75) is 94.2 Å². The minimum atomic E-state index is -0.0819. The molecule has 0 amide bonds. The van der Waals surface area contributed by atoms with Crippen LogP contribution in [0.4, 0.5) is 5.69 Å². The summed E-state index contributed by atoms with van der Waals surface area (Å²) < 4.78 is 13.0. The third kappa shape index (κ3) is 3.54. The molecular formula is C33H44N2O2. The highest BCUT2D eigenvalue weighted by molar-refractivity contribution is 5.53. The molecule has 2 bridgehead atoms. The number of ether oxygens (including phenoxy) is 2. The molecule has 1 unspecified atom stereocenters. The molecule has 6 fully saturated rings. The van der Waals surface area contributed by atoms with Crippen molar-refractivity contribution < 1.29 is 9.47 Å². The van der Waals surface area contributed by atoms with Crippen LogP contribution in [-0.2, 0) is 15.6 Å². The van der Waals surface area contributed by atoms with Crippen molar-refractivity contribution in [2.24, 2.45) is 11.8 Å². The number of rotatable bonds is 6.